The first-order chi connectivity index (χ1) is 13.0. The molecule has 0 radical (unpaired) electrons. The summed E-state index contributed by atoms with van der Waals surface area (Å²) in [6.45, 7) is 4.35. The van der Waals surface area contributed by atoms with E-state index in [4.69, 9.17) is 4.42 Å². The van der Waals surface area contributed by atoms with Crippen LogP contribution in [-0.4, -0.2) is 39.8 Å². The summed E-state index contributed by atoms with van der Waals surface area (Å²) in [4.78, 5) is 22.6. The topological polar surface area (TPSA) is 89.1 Å². The monoisotopic (exact) mass is 368 g/mol. The third kappa shape index (κ3) is 4.33. The molecule has 8 heteroatoms. The second-order valence-corrected chi connectivity index (χ2v) is 6.55. The van der Waals surface area contributed by atoms with Crippen LogP contribution in [0.3, 0.4) is 0 Å². The van der Waals surface area contributed by atoms with Crippen LogP contribution in [0.5, 0.6) is 0 Å². The van der Waals surface area contributed by atoms with Crippen LogP contribution >= 0.6 is 0 Å². The normalized spacial score (nSPS) is 10.8. The third-order valence-electron chi connectivity index (χ3n) is 4.40. The maximum atomic E-state index is 12.1. The molecule has 27 heavy (non-hydrogen) atoms. The molecule has 3 aromatic rings. The van der Waals surface area contributed by atoms with Crippen molar-refractivity contribution in [3.63, 3.8) is 0 Å². The summed E-state index contributed by atoms with van der Waals surface area (Å²) in [7, 11) is 3.86. The first-order valence-corrected chi connectivity index (χ1v) is 8.79. The Labute approximate surface area is 158 Å². The Hall–Kier alpha value is -3.16. The van der Waals surface area contributed by atoms with Gasteiger partial charge in [-0.2, -0.15) is 5.10 Å². The molecule has 8 nitrogen and oxygen atoms in total. The molecular formula is C19H24N6O2. The summed E-state index contributed by atoms with van der Waals surface area (Å²) < 4.78 is 7.03. The van der Waals surface area contributed by atoms with Crippen molar-refractivity contribution in [2.75, 3.05) is 19.0 Å². The summed E-state index contributed by atoms with van der Waals surface area (Å²) in [5, 5.41) is 7.47. The zero-order valence-electron chi connectivity index (χ0n) is 16.1. The van der Waals surface area contributed by atoms with Gasteiger partial charge in [0, 0.05) is 32.3 Å². The molecule has 3 heterocycles. The van der Waals surface area contributed by atoms with Crippen molar-refractivity contribution in [3.05, 3.63) is 53.5 Å². The number of carbonyl (C=O) groups is 1. The Balaban J connectivity index is 1.68. The molecule has 3 rings (SSSR count). The van der Waals surface area contributed by atoms with Crippen LogP contribution in [0.1, 0.15) is 29.1 Å². The fourth-order valence-electron chi connectivity index (χ4n) is 2.88. The zero-order chi connectivity index (χ0) is 19.4. The van der Waals surface area contributed by atoms with Crippen molar-refractivity contribution in [3.8, 4) is 5.82 Å². The van der Waals surface area contributed by atoms with E-state index in [1.54, 1.807) is 17.0 Å². The van der Waals surface area contributed by atoms with E-state index in [0.29, 0.717) is 25.2 Å². The van der Waals surface area contributed by atoms with E-state index < -0.39 is 0 Å². The van der Waals surface area contributed by atoms with Gasteiger partial charge in [0.25, 0.3) is 0 Å². The van der Waals surface area contributed by atoms with E-state index in [1.165, 1.54) is 6.33 Å². The number of anilines is 1. The highest BCUT2D eigenvalue weighted by molar-refractivity contribution is 5.76. The molecular weight excluding hydrogens is 344 g/mol. The predicted octanol–water partition coefficient (Wildman–Crippen LogP) is 2.19. The number of carbonyl (C=O) groups excluding carboxylic acids is 1. The number of nitrogens with zero attached hydrogens (tertiary/aromatic N) is 5. The number of furan rings is 1. The lowest BCUT2D eigenvalue weighted by atomic mass is 10.1. The van der Waals surface area contributed by atoms with Gasteiger partial charge in [0.2, 0.25) is 5.91 Å². The van der Waals surface area contributed by atoms with Crippen LogP contribution in [0.2, 0.25) is 0 Å². The number of aromatic nitrogens is 4. The molecule has 0 unspecified atom stereocenters. The van der Waals surface area contributed by atoms with E-state index in [2.05, 4.69) is 20.4 Å². The Bertz CT molecular complexity index is 914. The van der Waals surface area contributed by atoms with E-state index in [1.807, 2.05) is 45.0 Å². The van der Waals surface area contributed by atoms with Crippen LogP contribution in [-0.2, 0) is 17.8 Å². The number of amides is 1. The average molecular weight is 368 g/mol. The lowest BCUT2D eigenvalue weighted by Crippen LogP contribution is -2.22. The van der Waals surface area contributed by atoms with Crippen molar-refractivity contribution in [2.24, 2.45) is 0 Å². The van der Waals surface area contributed by atoms with Crippen molar-refractivity contribution >= 4 is 11.7 Å². The molecule has 0 aliphatic carbocycles. The van der Waals surface area contributed by atoms with Gasteiger partial charge >= 0.3 is 0 Å². The molecule has 1 N–H and O–H groups in total. The molecule has 0 fully saturated rings. The largest absolute Gasteiger partial charge is 0.467 e. The number of nitrogens with one attached hydrogen (secondary N) is 1. The second-order valence-electron chi connectivity index (χ2n) is 6.55. The first kappa shape index (κ1) is 18.6. The van der Waals surface area contributed by atoms with E-state index in [9.17, 15) is 4.79 Å². The Kier molecular flexibility index (Phi) is 5.54. The third-order valence-corrected chi connectivity index (χ3v) is 4.40. The summed E-state index contributed by atoms with van der Waals surface area (Å²) in [5.74, 6) is 2.24. The summed E-state index contributed by atoms with van der Waals surface area (Å²) in [5.41, 5.74) is 2.94. The van der Waals surface area contributed by atoms with Gasteiger partial charge in [-0.1, -0.05) is 0 Å². The van der Waals surface area contributed by atoms with Crippen LogP contribution < -0.4 is 10.2 Å². The molecule has 0 aliphatic heterocycles. The second kappa shape index (κ2) is 8.03. The predicted molar refractivity (Wildman–Crippen MR) is 102 cm³/mol. The number of hydrogen-bond acceptors (Lipinski definition) is 6. The molecule has 0 bridgehead atoms. The summed E-state index contributed by atoms with van der Waals surface area (Å²) >= 11 is 0. The van der Waals surface area contributed by atoms with Gasteiger partial charge in [-0.25, -0.2) is 14.6 Å². The highest BCUT2D eigenvalue weighted by Crippen LogP contribution is 2.20. The summed E-state index contributed by atoms with van der Waals surface area (Å²) in [6.07, 6.45) is 4.13. The minimum Gasteiger partial charge on any atom is -0.467 e. The smallest absolute Gasteiger partial charge is 0.220 e. The molecule has 0 saturated carbocycles. The lowest BCUT2D eigenvalue weighted by molar-refractivity contribution is -0.121. The quantitative estimate of drug-likeness (QED) is 0.688. The minimum absolute atomic E-state index is 0.0186. The van der Waals surface area contributed by atoms with Gasteiger partial charge in [-0.3, -0.25) is 4.79 Å². The van der Waals surface area contributed by atoms with E-state index in [-0.39, 0.29) is 5.91 Å². The SMILES string of the molecule is Cc1nn(-c2cc(N(C)C)ncn2)c(C)c1CCC(=O)NCc1ccco1. The minimum atomic E-state index is -0.0186. The molecule has 0 spiro atoms. The molecule has 1 amide bonds. The highest BCUT2D eigenvalue weighted by atomic mass is 16.3. The van der Waals surface area contributed by atoms with Crippen molar-refractivity contribution in [1.82, 2.24) is 25.1 Å². The number of aryl methyl sites for hydroxylation is 1. The van der Waals surface area contributed by atoms with Gasteiger partial charge < -0.3 is 14.6 Å². The van der Waals surface area contributed by atoms with Crippen LogP contribution in [0.15, 0.2) is 35.2 Å². The fourth-order valence-corrected chi connectivity index (χ4v) is 2.88. The molecule has 0 saturated heterocycles. The number of hydrogen-bond donors (Lipinski definition) is 1. The van der Waals surface area contributed by atoms with Gasteiger partial charge in [-0.15, -0.1) is 0 Å². The standard InChI is InChI=1S/C19H24N6O2/c1-13-16(7-8-19(26)20-11-15-6-5-9-27-15)14(2)25(23-13)18-10-17(24(3)4)21-12-22-18/h5-6,9-10,12H,7-8,11H2,1-4H3,(H,20,26). The van der Waals surface area contributed by atoms with E-state index in [0.717, 1.165) is 28.5 Å². The number of rotatable bonds is 7. The Morgan fingerprint density at radius 2 is 2.11 bits per heavy atom. The first-order valence-electron chi connectivity index (χ1n) is 8.79. The lowest BCUT2D eigenvalue weighted by Gasteiger charge is -2.12. The maximum absolute atomic E-state index is 12.1. The highest BCUT2D eigenvalue weighted by Gasteiger charge is 2.15. The van der Waals surface area contributed by atoms with E-state index >= 15 is 0 Å². The van der Waals surface area contributed by atoms with Crippen molar-refractivity contribution < 1.29 is 9.21 Å². The van der Waals surface area contributed by atoms with Gasteiger partial charge in [-0.05, 0) is 38.0 Å². The summed E-state index contributed by atoms with van der Waals surface area (Å²) in [6, 6.07) is 5.53. The van der Waals surface area contributed by atoms with Crippen LogP contribution in [0.25, 0.3) is 5.82 Å². The molecule has 0 aromatic carbocycles. The maximum Gasteiger partial charge on any atom is 0.220 e. The average Bonchev–Trinajstić information content (AvgIpc) is 3.27. The molecule has 0 aliphatic rings. The van der Waals surface area contributed by atoms with Crippen molar-refractivity contribution in [2.45, 2.75) is 33.2 Å². The molecule has 3 aromatic heterocycles. The zero-order valence-corrected chi connectivity index (χ0v) is 16.1. The Morgan fingerprint density at radius 1 is 1.30 bits per heavy atom. The van der Waals surface area contributed by atoms with Crippen LogP contribution in [0.4, 0.5) is 5.82 Å². The molecule has 0 atom stereocenters. The van der Waals surface area contributed by atoms with Gasteiger partial charge in [0.1, 0.15) is 17.9 Å². The van der Waals surface area contributed by atoms with Gasteiger partial charge in [0.05, 0.1) is 18.5 Å². The van der Waals surface area contributed by atoms with Crippen LogP contribution in [0, 0.1) is 13.8 Å². The Morgan fingerprint density at radius 3 is 2.81 bits per heavy atom. The van der Waals surface area contributed by atoms with Crippen molar-refractivity contribution in [1.29, 1.82) is 0 Å². The molecule has 142 valence electrons. The van der Waals surface area contributed by atoms with Gasteiger partial charge in [0.15, 0.2) is 5.82 Å². The fraction of sp³-hybridized carbons (Fsp3) is 0.368.